The maximum atomic E-state index is 5.64. The fraction of sp³-hybridized carbons (Fsp3) is 0.500. The van der Waals surface area contributed by atoms with Crippen molar-refractivity contribution in [3.05, 3.63) is 22.4 Å². The average molecular weight is 255 g/mol. The number of anilines is 1. The zero-order valence-electron chi connectivity index (χ0n) is 7.88. The van der Waals surface area contributed by atoms with Crippen molar-refractivity contribution in [3.8, 4) is 0 Å². The molecule has 1 N–H and O–H groups in total. The summed E-state index contributed by atoms with van der Waals surface area (Å²) in [7, 11) is 0. The Labute approximate surface area is 91.0 Å². The summed E-state index contributed by atoms with van der Waals surface area (Å²) < 4.78 is 6.53. The number of hydrogen-bond acceptors (Lipinski definition) is 3. The molecule has 74 valence electrons. The molecule has 0 amide bonds. The van der Waals surface area contributed by atoms with Gasteiger partial charge < -0.3 is 10.1 Å². The van der Waals surface area contributed by atoms with Crippen molar-refractivity contribution in [1.29, 1.82) is 0 Å². The molecule has 1 aromatic heterocycles. The molecule has 0 unspecified atom stereocenters. The Bertz CT molecular complexity index is 396. The highest BCUT2D eigenvalue weighted by molar-refractivity contribution is 9.10. The second kappa shape index (κ2) is 2.70. The molecule has 2 atom stereocenters. The van der Waals surface area contributed by atoms with E-state index in [9.17, 15) is 0 Å². The van der Waals surface area contributed by atoms with Crippen molar-refractivity contribution < 1.29 is 4.74 Å². The summed E-state index contributed by atoms with van der Waals surface area (Å²) in [6, 6.07) is 4.01. The molecule has 0 radical (unpaired) electrons. The molecule has 1 aromatic rings. The van der Waals surface area contributed by atoms with E-state index in [-0.39, 0.29) is 11.6 Å². The molecule has 0 bridgehead atoms. The van der Waals surface area contributed by atoms with E-state index < -0.39 is 0 Å². The van der Waals surface area contributed by atoms with Crippen LogP contribution in [-0.4, -0.2) is 17.8 Å². The van der Waals surface area contributed by atoms with Gasteiger partial charge in [0.1, 0.15) is 10.8 Å². The number of nitrogens with zero attached hydrogens (tertiary/aromatic N) is 1. The third-order valence-corrected chi connectivity index (χ3v) is 3.62. The fourth-order valence-electron chi connectivity index (χ4n) is 2.28. The molecule has 0 aromatic carbocycles. The molecule has 3 rings (SSSR count). The van der Waals surface area contributed by atoms with Crippen molar-refractivity contribution in [2.45, 2.75) is 25.0 Å². The average Bonchev–Trinajstić information content (AvgIpc) is 2.62. The number of pyridine rings is 1. The lowest BCUT2D eigenvalue weighted by molar-refractivity contribution is 0.111. The maximum Gasteiger partial charge on any atom is 0.138 e. The molecule has 2 aliphatic rings. The van der Waals surface area contributed by atoms with E-state index in [1.165, 1.54) is 0 Å². The molecule has 0 saturated carbocycles. The summed E-state index contributed by atoms with van der Waals surface area (Å²) in [5.74, 6) is 0. The van der Waals surface area contributed by atoms with Crippen LogP contribution in [0.5, 0.6) is 0 Å². The van der Waals surface area contributed by atoms with E-state index in [1.54, 1.807) is 0 Å². The van der Waals surface area contributed by atoms with E-state index in [0.29, 0.717) is 0 Å². The maximum absolute atomic E-state index is 5.64. The molecule has 3 nitrogen and oxygen atoms in total. The minimum Gasteiger partial charge on any atom is -0.358 e. The quantitative estimate of drug-likeness (QED) is 0.722. The van der Waals surface area contributed by atoms with Crippen LogP contribution in [0.1, 0.15) is 19.0 Å². The largest absolute Gasteiger partial charge is 0.358 e. The first-order valence-electron chi connectivity index (χ1n) is 4.75. The molecule has 1 saturated heterocycles. The number of halogens is 1. The van der Waals surface area contributed by atoms with Crippen LogP contribution in [0.3, 0.4) is 0 Å². The lowest BCUT2D eigenvalue weighted by Gasteiger charge is -2.20. The SMILES string of the molecule is C[C@@]12CCO[C@@H]1Nc1ccc(Br)nc12. The number of rotatable bonds is 0. The predicted molar refractivity (Wildman–Crippen MR) is 57.3 cm³/mol. The summed E-state index contributed by atoms with van der Waals surface area (Å²) in [5, 5.41) is 3.36. The molecule has 1 fully saturated rings. The van der Waals surface area contributed by atoms with Gasteiger partial charge in [0.05, 0.1) is 23.4 Å². The van der Waals surface area contributed by atoms with E-state index in [4.69, 9.17) is 4.74 Å². The molecule has 3 heterocycles. The van der Waals surface area contributed by atoms with Gasteiger partial charge in [0.15, 0.2) is 0 Å². The number of hydrogen-bond donors (Lipinski definition) is 1. The van der Waals surface area contributed by atoms with Crippen molar-refractivity contribution in [2.24, 2.45) is 0 Å². The van der Waals surface area contributed by atoms with Crippen LogP contribution in [0.2, 0.25) is 0 Å². The van der Waals surface area contributed by atoms with Crippen LogP contribution in [0.15, 0.2) is 16.7 Å². The highest BCUT2D eigenvalue weighted by Crippen LogP contribution is 2.46. The first-order chi connectivity index (χ1) is 6.70. The molecule has 14 heavy (non-hydrogen) atoms. The van der Waals surface area contributed by atoms with Crippen LogP contribution in [0.4, 0.5) is 5.69 Å². The van der Waals surface area contributed by atoms with Gasteiger partial charge in [-0.05, 0) is 41.4 Å². The molecular weight excluding hydrogens is 244 g/mol. The van der Waals surface area contributed by atoms with Crippen molar-refractivity contribution in [3.63, 3.8) is 0 Å². The van der Waals surface area contributed by atoms with Gasteiger partial charge in [-0.3, -0.25) is 0 Å². The van der Waals surface area contributed by atoms with Crippen molar-refractivity contribution in [1.82, 2.24) is 4.98 Å². The molecular formula is C10H11BrN2O. The van der Waals surface area contributed by atoms with Crippen LogP contribution in [0, 0.1) is 0 Å². The van der Waals surface area contributed by atoms with E-state index in [2.05, 4.69) is 39.2 Å². The number of ether oxygens (including phenoxy) is 1. The number of nitrogens with one attached hydrogen (secondary N) is 1. The molecule has 4 heteroatoms. The Morgan fingerprint density at radius 2 is 2.50 bits per heavy atom. The number of aromatic nitrogens is 1. The van der Waals surface area contributed by atoms with Gasteiger partial charge in [-0.1, -0.05) is 0 Å². The fourth-order valence-corrected chi connectivity index (χ4v) is 2.59. The number of fused-ring (bicyclic) bond motifs is 3. The van der Waals surface area contributed by atoms with Gasteiger partial charge in [-0.25, -0.2) is 4.98 Å². The minimum atomic E-state index is 0.0547. The van der Waals surface area contributed by atoms with Gasteiger partial charge in [-0.2, -0.15) is 0 Å². The van der Waals surface area contributed by atoms with E-state index >= 15 is 0 Å². The molecule has 0 aliphatic carbocycles. The highest BCUT2D eigenvalue weighted by Gasteiger charge is 2.49. The molecule has 0 spiro atoms. The van der Waals surface area contributed by atoms with Gasteiger partial charge in [-0.15, -0.1) is 0 Å². The van der Waals surface area contributed by atoms with Gasteiger partial charge in [0.25, 0.3) is 0 Å². The minimum absolute atomic E-state index is 0.0547. The monoisotopic (exact) mass is 254 g/mol. The lowest BCUT2D eigenvalue weighted by atomic mass is 9.85. The van der Waals surface area contributed by atoms with Crippen LogP contribution >= 0.6 is 15.9 Å². The molecule has 2 aliphatic heterocycles. The Morgan fingerprint density at radius 3 is 3.36 bits per heavy atom. The summed E-state index contributed by atoms with van der Waals surface area (Å²) in [5.41, 5.74) is 2.30. The van der Waals surface area contributed by atoms with Crippen molar-refractivity contribution >= 4 is 21.6 Å². The highest BCUT2D eigenvalue weighted by atomic mass is 79.9. The summed E-state index contributed by atoms with van der Waals surface area (Å²) in [6.45, 7) is 3.03. The van der Waals surface area contributed by atoms with E-state index in [0.717, 1.165) is 29.0 Å². The second-order valence-corrected chi connectivity index (χ2v) is 4.91. The zero-order chi connectivity index (χ0) is 9.76. The Balaban J connectivity index is 2.17. The van der Waals surface area contributed by atoms with Crippen molar-refractivity contribution in [2.75, 3.05) is 11.9 Å². The first kappa shape index (κ1) is 8.68. The third kappa shape index (κ3) is 0.982. The Morgan fingerprint density at radius 1 is 1.64 bits per heavy atom. The van der Waals surface area contributed by atoms with Crippen LogP contribution < -0.4 is 5.32 Å². The van der Waals surface area contributed by atoms with Gasteiger partial charge in [0.2, 0.25) is 0 Å². The smallest absolute Gasteiger partial charge is 0.138 e. The van der Waals surface area contributed by atoms with Crippen LogP contribution in [0.25, 0.3) is 0 Å². The standard InChI is InChI=1S/C10H11BrN2O/c1-10-4-5-14-9(10)12-6-2-3-7(11)13-8(6)10/h2-3,9,12H,4-5H2,1H3/t9-,10-/m0/s1. The lowest BCUT2D eigenvalue weighted by Crippen LogP contribution is -2.31. The predicted octanol–water partition coefficient (Wildman–Crippen LogP) is 2.27. The Hall–Kier alpha value is -0.610. The zero-order valence-corrected chi connectivity index (χ0v) is 9.47. The normalized spacial score (nSPS) is 33.7. The topological polar surface area (TPSA) is 34.1 Å². The summed E-state index contributed by atoms with van der Waals surface area (Å²) in [4.78, 5) is 4.54. The van der Waals surface area contributed by atoms with Crippen LogP contribution in [-0.2, 0) is 10.2 Å². The second-order valence-electron chi connectivity index (χ2n) is 4.09. The Kier molecular flexibility index (Phi) is 1.67. The van der Waals surface area contributed by atoms with Gasteiger partial charge >= 0.3 is 0 Å². The van der Waals surface area contributed by atoms with E-state index in [1.807, 2.05) is 6.07 Å². The summed E-state index contributed by atoms with van der Waals surface area (Å²) in [6.07, 6.45) is 1.15. The third-order valence-electron chi connectivity index (χ3n) is 3.17. The first-order valence-corrected chi connectivity index (χ1v) is 5.55. The summed E-state index contributed by atoms with van der Waals surface area (Å²) >= 11 is 3.41. The van der Waals surface area contributed by atoms with Gasteiger partial charge in [0, 0.05) is 0 Å².